The summed E-state index contributed by atoms with van der Waals surface area (Å²) in [6, 6.07) is 0. The molecular formula is C11H20O2. The highest BCUT2D eigenvalue weighted by atomic mass is 16.1. The molecule has 0 rings (SSSR count). The third-order valence-electron chi connectivity index (χ3n) is 2.51. The molecule has 1 atom stereocenters. The van der Waals surface area contributed by atoms with Gasteiger partial charge in [-0.15, -0.1) is 0 Å². The van der Waals surface area contributed by atoms with Gasteiger partial charge in [-0.3, -0.25) is 4.79 Å². The lowest BCUT2D eigenvalue weighted by atomic mass is 9.78. The van der Waals surface area contributed by atoms with Crippen molar-refractivity contribution in [2.45, 2.75) is 47.5 Å². The van der Waals surface area contributed by atoms with Crippen molar-refractivity contribution in [2.75, 3.05) is 0 Å². The van der Waals surface area contributed by atoms with Crippen LogP contribution >= 0.6 is 0 Å². The minimum absolute atomic E-state index is 0.00781. The Bertz CT molecular complexity index is 199. The summed E-state index contributed by atoms with van der Waals surface area (Å²) in [5, 5.41) is 0. The Balaban J connectivity index is 4.05. The van der Waals surface area contributed by atoms with Crippen molar-refractivity contribution in [3.63, 3.8) is 0 Å². The van der Waals surface area contributed by atoms with Gasteiger partial charge in [0.2, 0.25) is 0 Å². The normalized spacial score (nSPS) is 13.9. The number of rotatable bonds is 4. The minimum Gasteiger partial charge on any atom is -0.300 e. The zero-order valence-electron chi connectivity index (χ0n) is 9.31. The number of hydrogen-bond acceptors (Lipinski definition) is 2. The second-order valence-electron chi connectivity index (χ2n) is 4.76. The summed E-state index contributed by atoms with van der Waals surface area (Å²) in [5.74, 6) is 0.323. The predicted molar refractivity (Wildman–Crippen MR) is 53.5 cm³/mol. The van der Waals surface area contributed by atoms with E-state index in [2.05, 4.69) is 0 Å². The molecule has 0 aromatic carbocycles. The fraction of sp³-hybridized carbons (Fsp3) is 0.818. The summed E-state index contributed by atoms with van der Waals surface area (Å²) < 4.78 is 0. The quantitative estimate of drug-likeness (QED) is 0.673. The van der Waals surface area contributed by atoms with Crippen LogP contribution < -0.4 is 0 Å². The lowest BCUT2D eigenvalue weighted by molar-refractivity contribution is -0.127. The molecule has 0 bridgehead atoms. The van der Waals surface area contributed by atoms with Crippen molar-refractivity contribution >= 4 is 11.6 Å². The van der Waals surface area contributed by atoms with Crippen LogP contribution in [0.5, 0.6) is 0 Å². The Morgan fingerprint density at radius 1 is 1.15 bits per heavy atom. The van der Waals surface area contributed by atoms with Gasteiger partial charge in [-0.05, 0) is 12.3 Å². The van der Waals surface area contributed by atoms with Gasteiger partial charge in [-0.2, -0.15) is 0 Å². The maximum atomic E-state index is 11.5. The lowest BCUT2D eigenvalue weighted by Gasteiger charge is -2.25. The molecule has 0 spiro atoms. The van der Waals surface area contributed by atoms with Crippen LogP contribution in [-0.4, -0.2) is 11.6 Å². The van der Waals surface area contributed by atoms with E-state index < -0.39 is 0 Å². The second kappa shape index (κ2) is 4.54. The van der Waals surface area contributed by atoms with Crippen LogP contribution in [0.3, 0.4) is 0 Å². The van der Waals surface area contributed by atoms with Crippen molar-refractivity contribution in [1.29, 1.82) is 0 Å². The lowest BCUT2D eigenvalue weighted by Crippen LogP contribution is -2.25. The van der Waals surface area contributed by atoms with Crippen LogP contribution in [0, 0.1) is 11.3 Å². The van der Waals surface area contributed by atoms with Gasteiger partial charge < -0.3 is 4.79 Å². The summed E-state index contributed by atoms with van der Waals surface area (Å²) >= 11 is 0. The molecule has 0 N–H and O–H groups in total. The average molecular weight is 184 g/mol. The van der Waals surface area contributed by atoms with Crippen molar-refractivity contribution in [3.8, 4) is 0 Å². The maximum Gasteiger partial charge on any atom is 0.136 e. The third kappa shape index (κ3) is 4.81. The van der Waals surface area contributed by atoms with Crippen LogP contribution in [-0.2, 0) is 9.59 Å². The van der Waals surface area contributed by atoms with Crippen molar-refractivity contribution < 1.29 is 9.59 Å². The fourth-order valence-corrected chi connectivity index (χ4v) is 0.999. The Kier molecular flexibility index (Phi) is 4.31. The number of Topliss-reactive ketones (excluding diaryl/α,β-unsaturated/α-hetero) is 2. The van der Waals surface area contributed by atoms with E-state index in [1.54, 1.807) is 0 Å². The standard InChI is InChI=1S/C11H20O2/c1-8(12)6-7-10(13)9(2)11(3,4)5/h9H,6-7H2,1-5H3. The largest absolute Gasteiger partial charge is 0.300 e. The molecule has 0 aromatic rings. The Hall–Kier alpha value is -0.660. The Morgan fingerprint density at radius 3 is 1.92 bits per heavy atom. The number of hydrogen-bond donors (Lipinski definition) is 0. The van der Waals surface area contributed by atoms with Crippen molar-refractivity contribution in [1.82, 2.24) is 0 Å². The highest BCUT2D eigenvalue weighted by Gasteiger charge is 2.26. The fourth-order valence-electron chi connectivity index (χ4n) is 0.999. The molecule has 0 aliphatic carbocycles. The SMILES string of the molecule is CC(=O)CCC(=O)C(C)C(C)(C)C. The monoisotopic (exact) mass is 184 g/mol. The number of carbonyl (C=O) groups is 2. The highest BCUT2D eigenvalue weighted by Crippen LogP contribution is 2.27. The van der Waals surface area contributed by atoms with E-state index in [4.69, 9.17) is 0 Å². The van der Waals surface area contributed by atoms with E-state index >= 15 is 0 Å². The molecule has 76 valence electrons. The third-order valence-corrected chi connectivity index (χ3v) is 2.51. The van der Waals surface area contributed by atoms with Crippen molar-refractivity contribution in [2.24, 2.45) is 11.3 Å². The van der Waals surface area contributed by atoms with Crippen molar-refractivity contribution in [3.05, 3.63) is 0 Å². The summed E-state index contributed by atoms with van der Waals surface area (Å²) in [6.45, 7) is 9.59. The zero-order chi connectivity index (χ0) is 10.6. The van der Waals surface area contributed by atoms with Crippen LogP contribution in [0.2, 0.25) is 0 Å². The van der Waals surface area contributed by atoms with Gasteiger partial charge in [0.05, 0.1) is 0 Å². The number of carbonyl (C=O) groups excluding carboxylic acids is 2. The first-order valence-corrected chi connectivity index (χ1v) is 4.77. The molecule has 0 aromatic heterocycles. The maximum absolute atomic E-state index is 11.5. The van der Waals surface area contributed by atoms with Gasteiger partial charge in [0.1, 0.15) is 11.6 Å². The molecular weight excluding hydrogens is 164 g/mol. The second-order valence-corrected chi connectivity index (χ2v) is 4.76. The summed E-state index contributed by atoms with van der Waals surface area (Å²) in [5.41, 5.74) is 0.00781. The molecule has 2 heteroatoms. The first kappa shape index (κ1) is 12.3. The Labute approximate surface area is 80.7 Å². The Morgan fingerprint density at radius 2 is 1.62 bits per heavy atom. The van der Waals surface area contributed by atoms with E-state index in [0.29, 0.717) is 12.8 Å². The molecule has 0 aliphatic rings. The molecule has 0 saturated heterocycles. The molecule has 0 amide bonds. The first-order valence-electron chi connectivity index (χ1n) is 4.77. The van der Waals surface area contributed by atoms with Gasteiger partial charge >= 0.3 is 0 Å². The highest BCUT2D eigenvalue weighted by molar-refractivity contribution is 5.86. The van der Waals surface area contributed by atoms with E-state index in [0.717, 1.165) is 0 Å². The van der Waals surface area contributed by atoms with Crippen LogP contribution in [0.25, 0.3) is 0 Å². The van der Waals surface area contributed by atoms with Crippen LogP contribution in [0.15, 0.2) is 0 Å². The molecule has 0 fully saturated rings. The molecule has 0 saturated carbocycles. The number of ketones is 2. The smallest absolute Gasteiger partial charge is 0.136 e. The molecule has 13 heavy (non-hydrogen) atoms. The van der Waals surface area contributed by atoms with E-state index in [1.807, 2.05) is 27.7 Å². The van der Waals surface area contributed by atoms with E-state index in [9.17, 15) is 9.59 Å². The minimum atomic E-state index is 0.00781. The van der Waals surface area contributed by atoms with Gasteiger partial charge in [-0.1, -0.05) is 27.7 Å². The van der Waals surface area contributed by atoms with Gasteiger partial charge in [-0.25, -0.2) is 0 Å². The molecule has 0 radical (unpaired) electrons. The summed E-state index contributed by atoms with van der Waals surface area (Å²) in [7, 11) is 0. The molecule has 0 aliphatic heterocycles. The summed E-state index contributed by atoms with van der Waals surface area (Å²) in [4.78, 5) is 22.2. The summed E-state index contributed by atoms with van der Waals surface area (Å²) in [6.07, 6.45) is 0.785. The van der Waals surface area contributed by atoms with Crippen LogP contribution in [0.1, 0.15) is 47.5 Å². The first-order chi connectivity index (χ1) is 5.75. The zero-order valence-corrected chi connectivity index (χ0v) is 9.31. The molecule has 1 unspecified atom stereocenters. The van der Waals surface area contributed by atoms with E-state index in [1.165, 1.54) is 6.92 Å². The topological polar surface area (TPSA) is 34.1 Å². The molecule has 2 nitrogen and oxygen atoms in total. The van der Waals surface area contributed by atoms with Gasteiger partial charge in [0, 0.05) is 18.8 Å². The van der Waals surface area contributed by atoms with Gasteiger partial charge in [0.25, 0.3) is 0 Å². The van der Waals surface area contributed by atoms with Gasteiger partial charge in [0.15, 0.2) is 0 Å². The predicted octanol–water partition coefficient (Wildman–Crippen LogP) is 2.61. The van der Waals surface area contributed by atoms with Crippen LogP contribution in [0.4, 0.5) is 0 Å². The van der Waals surface area contributed by atoms with E-state index in [-0.39, 0.29) is 22.9 Å². The average Bonchev–Trinajstić information content (AvgIpc) is 1.96. The molecule has 0 heterocycles.